The molecule has 0 unspecified atom stereocenters. The zero-order valence-electron chi connectivity index (χ0n) is 14.0. The van der Waals surface area contributed by atoms with Gasteiger partial charge in [0.1, 0.15) is 5.54 Å². The maximum absolute atomic E-state index is 11.9. The molecule has 0 saturated carbocycles. The third kappa shape index (κ3) is 7.09. The molecule has 0 radical (unpaired) electrons. The number of nitriles is 1. The van der Waals surface area contributed by atoms with E-state index in [0.29, 0.717) is 13.1 Å². The SMILES string of the molecule is CC(C)C(=O)NCCN(C)CC(=O)N[C@@](C)(C#N)C(C)C. The molecule has 0 bridgehead atoms. The molecule has 2 N–H and O–H groups in total. The van der Waals surface area contributed by atoms with E-state index in [9.17, 15) is 9.59 Å². The molecule has 0 aliphatic heterocycles. The van der Waals surface area contributed by atoms with Crippen molar-refractivity contribution < 1.29 is 9.59 Å². The standard InChI is InChI=1S/C15H28N4O2/c1-11(2)14(21)17-7-8-19(6)9-13(20)18-15(5,10-16)12(3)4/h11-12H,7-9H2,1-6H3,(H,17,21)(H,18,20)/t15-/m0/s1. The quantitative estimate of drug-likeness (QED) is 0.692. The molecule has 0 aliphatic carbocycles. The first kappa shape index (κ1) is 19.4. The number of hydrogen-bond donors (Lipinski definition) is 2. The summed E-state index contributed by atoms with van der Waals surface area (Å²) in [6.45, 7) is 10.5. The molecule has 0 aromatic carbocycles. The number of rotatable bonds is 8. The van der Waals surface area contributed by atoms with Crippen molar-refractivity contribution in [2.75, 3.05) is 26.7 Å². The van der Waals surface area contributed by atoms with Gasteiger partial charge in [0.15, 0.2) is 0 Å². The monoisotopic (exact) mass is 296 g/mol. The fourth-order valence-corrected chi connectivity index (χ4v) is 1.53. The zero-order chi connectivity index (χ0) is 16.6. The minimum absolute atomic E-state index is 0.00437. The van der Waals surface area contributed by atoms with Crippen molar-refractivity contribution in [3.8, 4) is 6.07 Å². The van der Waals surface area contributed by atoms with E-state index in [-0.39, 0.29) is 30.2 Å². The lowest BCUT2D eigenvalue weighted by molar-refractivity contribution is -0.124. The summed E-state index contributed by atoms with van der Waals surface area (Å²) in [6.07, 6.45) is 0. The van der Waals surface area contributed by atoms with Crippen molar-refractivity contribution in [1.82, 2.24) is 15.5 Å². The van der Waals surface area contributed by atoms with E-state index in [1.54, 1.807) is 14.0 Å². The van der Waals surface area contributed by atoms with Crippen LogP contribution in [0, 0.1) is 23.2 Å². The highest BCUT2D eigenvalue weighted by Gasteiger charge is 2.30. The minimum atomic E-state index is -0.857. The van der Waals surface area contributed by atoms with Crippen LogP contribution >= 0.6 is 0 Å². The second-order valence-electron chi connectivity index (χ2n) is 6.20. The van der Waals surface area contributed by atoms with Crippen LogP contribution in [0.2, 0.25) is 0 Å². The molecule has 6 nitrogen and oxygen atoms in total. The van der Waals surface area contributed by atoms with Gasteiger partial charge in [0.2, 0.25) is 11.8 Å². The fraction of sp³-hybridized carbons (Fsp3) is 0.800. The Morgan fingerprint density at radius 3 is 2.29 bits per heavy atom. The first-order chi connectivity index (χ1) is 9.62. The van der Waals surface area contributed by atoms with Crippen molar-refractivity contribution in [1.29, 1.82) is 5.26 Å². The van der Waals surface area contributed by atoms with Gasteiger partial charge in [-0.2, -0.15) is 5.26 Å². The molecular formula is C15H28N4O2. The van der Waals surface area contributed by atoms with Crippen molar-refractivity contribution in [3.63, 3.8) is 0 Å². The molecule has 21 heavy (non-hydrogen) atoms. The maximum atomic E-state index is 11.9. The van der Waals surface area contributed by atoms with Crippen LogP contribution in [-0.2, 0) is 9.59 Å². The smallest absolute Gasteiger partial charge is 0.235 e. The second-order valence-corrected chi connectivity index (χ2v) is 6.20. The van der Waals surface area contributed by atoms with Crippen LogP contribution in [0.25, 0.3) is 0 Å². The van der Waals surface area contributed by atoms with E-state index in [2.05, 4.69) is 16.7 Å². The molecule has 0 aromatic rings. The molecule has 120 valence electrons. The van der Waals surface area contributed by atoms with Crippen LogP contribution in [0.15, 0.2) is 0 Å². The molecule has 0 aliphatic rings. The molecular weight excluding hydrogens is 268 g/mol. The Morgan fingerprint density at radius 1 is 1.29 bits per heavy atom. The van der Waals surface area contributed by atoms with Gasteiger partial charge in [0.05, 0.1) is 12.6 Å². The Labute approximate surface area is 127 Å². The number of carbonyl (C=O) groups excluding carboxylic acids is 2. The third-order valence-corrected chi connectivity index (χ3v) is 3.52. The number of carbonyl (C=O) groups is 2. The number of amides is 2. The van der Waals surface area contributed by atoms with Crippen molar-refractivity contribution >= 4 is 11.8 Å². The number of likely N-dealkylation sites (N-methyl/N-ethyl adjacent to an activating group) is 1. The molecule has 2 amide bonds. The zero-order valence-corrected chi connectivity index (χ0v) is 14.0. The topological polar surface area (TPSA) is 85.2 Å². The summed E-state index contributed by atoms with van der Waals surface area (Å²) in [7, 11) is 1.81. The van der Waals surface area contributed by atoms with E-state index >= 15 is 0 Å². The molecule has 0 fully saturated rings. The Hall–Kier alpha value is -1.61. The predicted molar refractivity (Wildman–Crippen MR) is 82.3 cm³/mol. The van der Waals surface area contributed by atoms with Crippen LogP contribution in [0.5, 0.6) is 0 Å². The Kier molecular flexibility index (Phi) is 7.97. The average molecular weight is 296 g/mol. The summed E-state index contributed by atoms with van der Waals surface area (Å²) in [5.41, 5.74) is -0.857. The summed E-state index contributed by atoms with van der Waals surface area (Å²) in [4.78, 5) is 25.2. The lowest BCUT2D eigenvalue weighted by Gasteiger charge is -2.28. The van der Waals surface area contributed by atoms with Crippen molar-refractivity contribution in [2.45, 2.75) is 40.2 Å². The van der Waals surface area contributed by atoms with Crippen LogP contribution in [0.4, 0.5) is 0 Å². The van der Waals surface area contributed by atoms with E-state index < -0.39 is 5.54 Å². The first-order valence-electron chi connectivity index (χ1n) is 7.31. The maximum Gasteiger partial charge on any atom is 0.235 e. The van der Waals surface area contributed by atoms with Crippen LogP contribution < -0.4 is 10.6 Å². The summed E-state index contributed by atoms with van der Waals surface area (Å²) >= 11 is 0. The lowest BCUT2D eigenvalue weighted by Crippen LogP contribution is -2.51. The highest BCUT2D eigenvalue weighted by molar-refractivity contribution is 5.79. The van der Waals surface area contributed by atoms with Crippen molar-refractivity contribution in [3.05, 3.63) is 0 Å². The van der Waals surface area contributed by atoms with E-state index in [4.69, 9.17) is 5.26 Å². The predicted octanol–water partition coefficient (Wildman–Crippen LogP) is 0.745. The molecule has 6 heteroatoms. The average Bonchev–Trinajstić information content (AvgIpc) is 2.37. The van der Waals surface area contributed by atoms with Gasteiger partial charge in [-0.1, -0.05) is 27.7 Å². The van der Waals surface area contributed by atoms with Gasteiger partial charge >= 0.3 is 0 Å². The Balaban J connectivity index is 4.17. The Morgan fingerprint density at radius 2 is 1.86 bits per heavy atom. The van der Waals surface area contributed by atoms with Gasteiger partial charge in [-0.3, -0.25) is 14.5 Å². The number of hydrogen-bond acceptors (Lipinski definition) is 4. The van der Waals surface area contributed by atoms with Gasteiger partial charge in [-0.15, -0.1) is 0 Å². The van der Waals surface area contributed by atoms with Crippen LogP contribution in [0.1, 0.15) is 34.6 Å². The van der Waals surface area contributed by atoms with Crippen LogP contribution in [-0.4, -0.2) is 48.9 Å². The number of nitrogens with zero attached hydrogens (tertiary/aromatic N) is 2. The lowest BCUT2D eigenvalue weighted by atomic mass is 9.90. The highest BCUT2D eigenvalue weighted by Crippen LogP contribution is 2.14. The second kappa shape index (κ2) is 8.63. The van der Waals surface area contributed by atoms with Gasteiger partial charge in [0.25, 0.3) is 0 Å². The molecule has 0 saturated heterocycles. The van der Waals surface area contributed by atoms with E-state index in [1.807, 2.05) is 32.6 Å². The summed E-state index contributed by atoms with van der Waals surface area (Å²) in [5, 5.41) is 14.7. The third-order valence-electron chi connectivity index (χ3n) is 3.52. The van der Waals surface area contributed by atoms with Gasteiger partial charge < -0.3 is 10.6 Å². The van der Waals surface area contributed by atoms with Crippen molar-refractivity contribution in [2.24, 2.45) is 11.8 Å². The minimum Gasteiger partial charge on any atom is -0.355 e. The molecule has 1 atom stereocenters. The first-order valence-corrected chi connectivity index (χ1v) is 7.31. The summed E-state index contributed by atoms with van der Waals surface area (Å²) in [6, 6.07) is 2.15. The van der Waals surface area contributed by atoms with Crippen LogP contribution in [0.3, 0.4) is 0 Å². The van der Waals surface area contributed by atoms with Gasteiger partial charge in [0, 0.05) is 19.0 Å². The molecule has 0 spiro atoms. The fourth-order valence-electron chi connectivity index (χ4n) is 1.53. The molecule has 0 heterocycles. The van der Waals surface area contributed by atoms with E-state index in [1.165, 1.54) is 0 Å². The Bertz CT molecular complexity index is 401. The van der Waals surface area contributed by atoms with Gasteiger partial charge in [-0.25, -0.2) is 0 Å². The largest absolute Gasteiger partial charge is 0.355 e. The highest BCUT2D eigenvalue weighted by atomic mass is 16.2. The summed E-state index contributed by atoms with van der Waals surface area (Å²) < 4.78 is 0. The number of nitrogens with one attached hydrogen (secondary N) is 2. The van der Waals surface area contributed by atoms with E-state index in [0.717, 1.165) is 0 Å². The normalized spacial score (nSPS) is 13.9. The summed E-state index contributed by atoms with van der Waals surface area (Å²) in [5.74, 6) is -0.196. The molecule has 0 rings (SSSR count). The molecule has 0 aromatic heterocycles. The van der Waals surface area contributed by atoms with Gasteiger partial charge in [-0.05, 0) is 19.9 Å².